The van der Waals surface area contributed by atoms with E-state index in [1.807, 2.05) is 12.1 Å². The molecule has 1 amide bonds. The number of hydrogen-bond donors (Lipinski definition) is 2. The molecule has 0 aromatic heterocycles. The third-order valence-electron chi connectivity index (χ3n) is 5.20. The zero-order valence-electron chi connectivity index (χ0n) is 16.4. The molecule has 2 N–H and O–H groups in total. The standard InChI is InChI=1S/C24H19F3N2O2/c25-24(26,27)20-9-2-1-7-18(20)23(31)29-17-12-10-16(11-13-17)22(30)19-8-3-5-15-6-4-14-28-21(15)19/h1-3,5,7-13,28H,4,6,14H2,(H,29,31). The Kier molecular flexibility index (Phi) is 5.50. The summed E-state index contributed by atoms with van der Waals surface area (Å²) in [5.74, 6) is -1.03. The summed E-state index contributed by atoms with van der Waals surface area (Å²) in [4.78, 5) is 25.4. The fourth-order valence-electron chi connectivity index (χ4n) is 3.69. The molecule has 1 aliphatic rings. The highest BCUT2D eigenvalue weighted by atomic mass is 19.4. The van der Waals surface area contributed by atoms with Crippen molar-refractivity contribution in [2.24, 2.45) is 0 Å². The first-order chi connectivity index (χ1) is 14.8. The molecule has 0 aliphatic carbocycles. The Balaban J connectivity index is 1.54. The lowest BCUT2D eigenvalue weighted by atomic mass is 9.94. The molecule has 0 radical (unpaired) electrons. The van der Waals surface area contributed by atoms with Crippen LogP contribution in [-0.2, 0) is 12.6 Å². The van der Waals surface area contributed by atoms with E-state index < -0.39 is 23.2 Å². The Bertz CT molecular complexity index is 1140. The van der Waals surface area contributed by atoms with E-state index in [0.29, 0.717) is 16.8 Å². The van der Waals surface area contributed by atoms with Gasteiger partial charge in [-0.15, -0.1) is 0 Å². The number of para-hydroxylation sites is 1. The van der Waals surface area contributed by atoms with Crippen LogP contribution in [-0.4, -0.2) is 18.2 Å². The quantitative estimate of drug-likeness (QED) is 0.540. The summed E-state index contributed by atoms with van der Waals surface area (Å²) >= 11 is 0. The van der Waals surface area contributed by atoms with E-state index in [1.165, 1.54) is 24.3 Å². The van der Waals surface area contributed by atoms with Gasteiger partial charge in [-0.05, 0) is 60.9 Å². The molecule has 158 valence electrons. The Labute approximate surface area is 177 Å². The van der Waals surface area contributed by atoms with Crippen molar-refractivity contribution < 1.29 is 22.8 Å². The van der Waals surface area contributed by atoms with Gasteiger partial charge in [-0.25, -0.2) is 0 Å². The SMILES string of the molecule is O=C(Nc1ccc(C(=O)c2cccc3c2NCCC3)cc1)c1ccccc1C(F)(F)F. The number of benzene rings is 3. The van der Waals surface area contributed by atoms with Crippen molar-refractivity contribution in [3.05, 3.63) is 94.5 Å². The van der Waals surface area contributed by atoms with Crippen LogP contribution in [0.3, 0.4) is 0 Å². The molecule has 3 aromatic carbocycles. The zero-order valence-corrected chi connectivity index (χ0v) is 16.4. The van der Waals surface area contributed by atoms with Crippen molar-refractivity contribution in [1.29, 1.82) is 0 Å². The van der Waals surface area contributed by atoms with Crippen LogP contribution in [0.5, 0.6) is 0 Å². The van der Waals surface area contributed by atoms with Crippen molar-refractivity contribution in [2.45, 2.75) is 19.0 Å². The minimum absolute atomic E-state index is 0.161. The van der Waals surface area contributed by atoms with E-state index in [0.717, 1.165) is 42.8 Å². The lowest BCUT2D eigenvalue weighted by molar-refractivity contribution is -0.137. The van der Waals surface area contributed by atoms with Gasteiger partial charge in [0.1, 0.15) is 0 Å². The monoisotopic (exact) mass is 424 g/mol. The van der Waals surface area contributed by atoms with Gasteiger partial charge in [0, 0.05) is 29.0 Å². The first-order valence-corrected chi connectivity index (χ1v) is 9.83. The highest BCUT2D eigenvalue weighted by Crippen LogP contribution is 2.32. The molecule has 0 fully saturated rings. The van der Waals surface area contributed by atoms with Crippen LogP contribution < -0.4 is 10.6 Å². The number of rotatable bonds is 4. The number of nitrogens with one attached hydrogen (secondary N) is 2. The molecule has 1 aliphatic heterocycles. The number of anilines is 2. The van der Waals surface area contributed by atoms with Gasteiger partial charge in [-0.3, -0.25) is 9.59 Å². The molecule has 31 heavy (non-hydrogen) atoms. The van der Waals surface area contributed by atoms with Crippen molar-refractivity contribution in [3.8, 4) is 0 Å². The summed E-state index contributed by atoms with van der Waals surface area (Å²) < 4.78 is 39.4. The topological polar surface area (TPSA) is 58.2 Å². The van der Waals surface area contributed by atoms with Gasteiger partial charge >= 0.3 is 6.18 Å². The van der Waals surface area contributed by atoms with Crippen LogP contribution in [0.1, 0.15) is 43.8 Å². The molecular weight excluding hydrogens is 405 g/mol. The molecule has 0 unspecified atom stereocenters. The second-order valence-corrected chi connectivity index (χ2v) is 7.27. The van der Waals surface area contributed by atoms with Gasteiger partial charge in [0.2, 0.25) is 0 Å². The number of carbonyl (C=O) groups excluding carboxylic acids is 2. The first kappa shape index (κ1) is 20.7. The van der Waals surface area contributed by atoms with Crippen molar-refractivity contribution in [1.82, 2.24) is 0 Å². The van der Waals surface area contributed by atoms with E-state index in [-0.39, 0.29) is 5.78 Å². The number of halogens is 3. The maximum absolute atomic E-state index is 13.1. The van der Waals surface area contributed by atoms with Crippen LogP contribution in [0.15, 0.2) is 66.7 Å². The number of alkyl halides is 3. The summed E-state index contributed by atoms with van der Waals surface area (Å²) in [7, 11) is 0. The van der Waals surface area contributed by atoms with Crippen molar-refractivity contribution >= 4 is 23.1 Å². The fraction of sp³-hybridized carbons (Fsp3) is 0.167. The fourth-order valence-corrected chi connectivity index (χ4v) is 3.69. The van der Waals surface area contributed by atoms with E-state index in [1.54, 1.807) is 18.2 Å². The Morgan fingerprint density at radius 2 is 1.58 bits per heavy atom. The average Bonchev–Trinajstić information content (AvgIpc) is 2.78. The van der Waals surface area contributed by atoms with Gasteiger partial charge < -0.3 is 10.6 Å². The predicted octanol–water partition coefficient (Wildman–Crippen LogP) is 5.55. The van der Waals surface area contributed by atoms with Gasteiger partial charge in [-0.2, -0.15) is 13.2 Å². The first-order valence-electron chi connectivity index (χ1n) is 9.83. The summed E-state index contributed by atoms with van der Waals surface area (Å²) in [6.07, 6.45) is -2.71. The second kappa shape index (κ2) is 8.26. The van der Waals surface area contributed by atoms with Gasteiger partial charge in [0.15, 0.2) is 5.78 Å². The largest absolute Gasteiger partial charge is 0.417 e. The molecule has 0 saturated heterocycles. The Hall–Kier alpha value is -3.61. The molecule has 4 rings (SSSR count). The van der Waals surface area contributed by atoms with Crippen LogP contribution in [0, 0.1) is 0 Å². The van der Waals surface area contributed by atoms with Gasteiger partial charge in [-0.1, -0.05) is 24.3 Å². The van der Waals surface area contributed by atoms with Crippen LogP contribution in [0.25, 0.3) is 0 Å². The van der Waals surface area contributed by atoms with Gasteiger partial charge in [0.05, 0.1) is 11.1 Å². The molecule has 4 nitrogen and oxygen atoms in total. The van der Waals surface area contributed by atoms with Crippen LogP contribution >= 0.6 is 0 Å². The average molecular weight is 424 g/mol. The number of aryl methyl sites for hydroxylation is 1. The normalized spacial score (nSPS) is 13.1. The number of fused-ring (bicyclic) bond motifs is 1. The molecule has 0 atom stereocenters. The van der Waals surface area contributed by atoms with Crippen molar-refractivity contribution in [2.75, 3.05) is 17.2 Å². The summed E-state index contributed by atoms with van der Waals surface area (Å²) in [6, 6.07) is 16.3. The minimum Gasteiger partial charge on any atom is -0.384 e. The summed E-state index contributed by atoms with van der Waals surface area (Å²) in [6.45, 7) is 0.807. The molecule has 1 heterocycles. The molecule has 0 bridgehead atoms. The predicted molar refractivity (Wildman–Crippen MR) is 113 cm³/mol. The van der Waals surface area contributed by atoms with Crippen LogP contribution in [0.2, 0.25) is 0 Å². The smallest absolute Gasteiger partial charge is 0.384 e. The summed E-state index contributed by atoms with van der Waals surface area (Å²) in [5, 5.41) is 5.75. The maximum atomic E-state index is 13.1. The maximum Gasteiger partial charge on any atom is 0.417 e. The molecule has 7 heteroatoms. The van der Waals surface area contributed by atoms with E-state index >= 15 is 0 Å². The highest BCUT2D eigenvalue weighted by molar-refractivity contribution is 6.13. The molecular formula is C24H19F3N2O2. The molecule has 0 saturated carbocycles. The second-order valence-electron chi connectivity index (χ2n) is 7.27. The van der Waals surface area contributed by atoms with E-state index in [2.05, 4.69) is 10.6 Å². The third kappa shape index (κ3) is 4.30. The Morgan fingerprint density at radius 3 is 2.32 bits per heavy atom. The minimum atomic E-state index is -4.63. The zero-order chi connectivity index (χ0) is 22.0. The highest BCUT2D eigenvalue weighted by Gasteiger charge is 2.34. The van der Waals surface area contributed by atoms with Crippen molar-refractivity contribution in [3.63, 3.8) is 0 Å². The Morgan fingerprint density at radius 1 is 0.871 bits per heavy atom. The van der Waals surface area contributed by atoms with Gasteiger partial charge in [0.25, 0.3) is 5.91 Å². The number of carbonyl (C=O) groups is 2. The van der Waals surface area contributed by atoms with E-state index in [9.17, 15) is 22.8 Å². The number of ketones is 1. The van der Waals surface area contributed by atoms with Crippen LogP contribution in [0.4, 0.5) is 24.5 Å². The third-order valence-corrected chi connectivity index (χ3v) is 5.20. The lowest BCUT2D eigenvalue weighted by Gasteiger charge is -2.20. The van der Waals surface area contributed by atoms with E-state index in [4.69, 9.17) is 0 Å². The number of hydrogen-bond acceptors (Lipinski definition) is 3. The lowest BCUT2D eigenvalue weighted by Crippen LogP contribution is -2.18. The molecule has 3 aromatic rings. The number of amides is 1. The summed E-state index contributed by atoms with van der Waals surface area (Å²) in [5.41, 5.74) is 1.79. The molecule has 0 spiro atoms.